The topological polar surface area (TPSA) is 40.5 Å². The first-order valence-electron chi connectivity index (χ1n) is 3.86. The van der Waals surface area contributed by atoms with Crippen molar-refractivity contribution in [1.29, 1.82) is 0 Å². The second-order valence-electron chi connectivity index (χ2n) is 3.51. The van der Waals surface area contributed by atoms with Gasteiger partial charge in [0.15, 0.2) is 0 Å². The Balaban J connectivity index is -0.000000159. The maximum atomic E-state index is 8.63. The van der Waals surface area contributed by atoms with Crippen molar-refractivity contribution in [3.63, 3.8) is 0 Å². The first-order valence-corrected chi connectivity index (χ1v) is 3.86. The van der Waals surface area contributed by atoms with E-state index < -0.39 is 5.60 Å². The van der Waals surface area contributed by atoms with E-state index >= 15 is 0 Å². The van der Waals surface area contributed by atoms with Crippen molar-refractivity contribution in [3.05, 3.63) is 30.3 Å². The summed E-state index contributed by atoms with van der Waals surface area (Å²) in [6.07, 6.45) is 0. The van der Waals surface area contributed by atoms with Crippen LogP contribution < -0.4 is 51.4 Å². The molecular weight excluding hydrogens is 191 g/mol. The van der Waals surface area contributed by atoms with E-state index in [1.165, 1.54) is 0 Å². The van der Waals surface area contributed by atoms with E-state index in [-0.39, 0.29) is 52.8 Å². The number of phenolic OH excluding ortho intramolecular Hbond substituents is 1. The quantitative estimate of drug-likeness (QED) is 0.553. The predicted molar refractivity (Wildman–Crippen MR) is 51.2 cm³/mol. The molecule has 0 spiro atoms. The fourth-order valence-corrected chi connectivity index (χ4v) is 0.428. The molecule has 0 bridgehead atoms. The summed E-state index contributed by atoms with van der Waals surface area (Å²) in [5.41, 5.74) is -0.500. The summed E-state index contributed by atoms with van der Waals surface area (Å²) < 4.78 is 0. The van der Waals surface area contributed by atoms with Gasteiger partial charge in [0, 0.05) is 0 Å². The molecular formula is C10H17KO2. The van der Waals surface area contributed by atoms with Gasteiger partial charge in [-0.3, -0.25) is 0 Å². The molecule has 0 aliphatic rings. The molecule has 1 rings (SSSR count). The average molecular weight is 208 g/mol. The largest absolute Gasteiger partial charge is 1.00 e. The van der Waals surface area contributed by atoms with Crippen LogP contribution in [0.2, 0.25) is 0 Å². The van der Waals surface area contributed by atoms with E-state index in [1.807, 2.05) is 6.07 Å². The number of hydrogen-bond acceptors (Lipinski definition) is 2. The number of benzene rings is 1. The van der Waals surface area contributed by atoms with Crippen molar-refractivity contribution >= 4 is 0 Å². The normalized spacial score (nSPS) is 9.23. The Morgan fingerprint density at radius 1 is 1.08 bits per heavy atom. The first kappa shape index (κ1) is 16.1. The number of hydrogen-bond donors (Lipinski definition) is 2. The molecule has 0 atom stereocenters. The van der Waals surface area contributed by atoms with Gasteiger partial charge in [-0.1, -0.05) is 18.2 Å². The minimum Gasteiger partial charge on any atom is -1.00 e. The molecule has 0 aliphatic heterocycles. The van der Waals surface area contributed by atoms with Crippen LogP contribution in [0.4, 0.5) is 0 Å². The zero-order valence-electron chi connectivity index (χ0n) is 9.78. The van der Waals surface area contributed by atoms with E-state index in [1.54, 1.807) is 45.0 Å². The van der Waals surface area contributed by atoms with E-state index in [4.69, 9.17) is 10.2 Å². The summed E-state index contributed by atoms with van der Waals surface area (Å²) in [6.45, 7) is 5.23. The number of para-hydroxylation sites is 1. The van der Waals surface area contributed by atoms with Crippen LogP contribution in [0.5, 0.6) is 5.75 Å². The summed E-state index contributed by atoms with van der Waals surface area (Å²) in [6, 6.07) is 8.71. The van der Waals surface area contributed by atoms with Crippen LogP contribution in [-0.2, 0) is 0 Å². The van der Waals surface area contributed by atoms with Gasteiger partial charge in [-0.05, 0) is 32.9 Å². The van der Waals surface area contributed by atoms with E-state index in [0.29, 0.717) is 5.75 Å². The second kappa shape index (κ2) is 7.97. The van der Waals surface area contributed by atoms with Gasteiger partial charge < -0.3 is 11.6 Å². The summed E-state index contributed by atoms with van der Waals surface area (Å²) in [5.74, 6) is 0.322. The SMILES string of the molecule is CC(C)(C)O.Oc1ccccc1.[H-].[K+]. The molecule has 0 radical (unpaired) electrons. The first-order chi connectivity index (χ1) is 5.39. The maximum Gasteiger partial charge on any atom is 1.00 e. The molecule has 0 amide bonds. The summed E-state index contributed by atoms with van der Waals surface area (Å²) in [7, 11) is 0. The van der Waals surface area contributed by atoms with Gasteiger partial charge >= 0.3 is 51.4 Å². The third kappa shape index (κ3) is 19.2. The van der Waals surface area contributed by atoms with Gasteiger partial charge in [0.1, 0.15) is 5.75 Å². The number of rotatable bonds is 0. The van der Waals surface area contributed by atoms with Gasteiger partial charge in [0.25, 0.3) is 0 Å². The smallest absolute Gasteiger partial charge is 1.00 e. The minimum absolute atomic E-state index is 0. The van der Waals surface area contributed by atoms with Crippen LogP contribution in [0.3, 0.4) is 0 Å². The van der Waals surface area contributed by atoms with Crippen LogP contribution in [0, 0.1) is 0 Å². The van der Waals surface area contributed by atoms with E-state index in [9.17, 15) is 0 Å². The zero-order chi connectivity index (χ0) is 9.61. The molecule has 0 heterocycles. The van der Waals surface area contributed by atoms with Crippen LogP contribution in [0.1, 0.15) is 22.2 Å². The van der Waals surface area contributed by atoms with Crippen molar-refractivity contribution in [2.24, 2.45) is 0 Å². The van der Waals surface area contributed by atoms with Crippen LogP contribution in [0.25, 0.3) is 0 Å². The molecule has 0 unspecified atom stereocenters. The third-order valence-corrected chi connectivity index (χ3v) is 0.756. The molecule has 0 fully saturated rings. The van der Waals surface area contributed by atoms with Crippen LogP contribution in [0.15, 0.2) is 30.3 Å². The minimum atomic E-state index is -0.500. The molecule has 3 heteroatoms. The number of phenols is 1. The monoisotopic (exact) mass is 208 g/mol. The Morgan fingerprint density at radius 2 is 1.38 bits per heavy atom. The summed E-state index contributed by atoms with van der Waals surface area (Å²) in [4.78, 5) is 0. The molecule has 0 aromatic heterocycles. The summed E-state index contributed by atoms with van der Waals surface area (Å²) >= 11 is 0. The van der Waals surface area contributed by atoms with Crippen LogP contribution in [-0.4, -0.2) is 15.8 Å². The van der Waals surface area contributed by atoms with Gasteiger partial charge in [-0.25, -0.2) is 0 Å². The number of aliphatic hydroxyl groups is 1. The molecule has 0 saturated carbocycles. The Hall–Kier alpha value is 0.616. The molecule has 70 valence electrons. The molecule has 1 aromatic carbocycles. The Labute approximate surface area is 124 Å². The van der Waals surface area contributed by atoms with Crippen LogP contribution >= 0.6 is 0 Å². The molecule has 2 N–H and O–H groups in total. The van der Waals surface area contributed by atoms with Crippen molar-refractivity contribution in [3.8, 4) is 5.75 Å². The molecule has 2 nitrogen and oxygen atoms in total. The molecule has 1 aromatic rings. The number of aromatic hydroxyl groups is 1. The van der Waals surface area contributed by atoms with Gasteiger partial charge in [-0.2, -0.15) is 0 Å². The summed E-state index contributed by atoms with van der Waals surface area (Å²) in [5, 5.41) is 17.2. The fourth-order valence-electron chi connectivity index (χ4n) is 0.428. The van der Waals surface area contributed by atoms with Crippen molar-refractivity contribution in [2.45, 2.75) is 26.4 Å². The standard InChI is InChI=1S/C6H6O.C4H10O.K.H/c7-6-4-2-1-3-5-6;1-4(2,3)5;;/h1-5,7H;5H,1-3H3;;/q;;+1;-1. The van der Waals surface area contributed by atoms with Crippen molar-refractivity contribution < 1.29 is 63.0 Å². The van der Waals surface area contributed by atoms with Crippen molar-refractivity contribution in [1.82, 2.24) is 0 Å². The van der Waals surface area contributed by atoms with Gasteiger partial charge in [0.2, 0.25) is 0 Å². The molecule has 0 aliphatic carbocycles. The van der Waals surface area contributed by atoms with Gasteiger partial charge in [-0.15, -0.1) is 0 Å². The maximum absolute atomic E-state index is 8.63. The fraction of sp³-hybridized carbons (Fsp3) is 0.400. The Kier molecular flexibility index (Phi) is 9.85. The Morgan fingerprint density at radius 3 is 1.54 bits per heavy atom. The second-order valence-corrected chi connectivity index (χ2v) is 3.51. The zero-order valence-corrected chi connectivity index (χ0v) is 11.9. The molecule has 0 saturated heterocycles. The van der Waals surface area contributed by atoms with E-state index in [0.717, 1.165) is 0 Å². The third-order valence-electron chi connectivity index (χ3n) is 0.756. The van der Waals surface area contributed by atoms with E-state index in [2.05, 4.69) is 0 Å². The van der Waals surface area contributed by atoms with Crippen molar-refractivity contribution in [2.75, 3.05) is 0 Å². The average Bonchev–Trinajstić information content (AvgIpc) is 1.85. The molecule has 13 heavy (non-hydrogen) atoms. The van der Waals surface area contributed by atoms with Gasteiger partial charge in [0.05, 0.1) is 5.60 Å². The Bertz CT molecular complexity index is 203. The predicted octanol–water partition coefficient (Wildman–Crippen LogP) is -0.714.